The predicted octanol–water partition coefficient (Wildman–Crippen LogP) is 2.96. The lowest BCUT2D eigenvalue weighted by molar-refractivity contribution is 0.276. The fourth-order valence-electron chi connectivity index (χ4n) is 2.34. The number of hydrogen-bond acceptors (Lipinski definition) is 5. The molecule has 23 heavy (non-hydrogen) atoms. The van der Waals surface area contributed by atoms with E-state index in [2.05, 4.69) is 15.1 Å². The molecule has 6 heteroatoms. The van der Waals surface area contributed by atoms with E-state index in [0.717, 1.165) is 17.0 Å². The van der Waals surface area contributed by atoms with Crippen molar-refractivity contribution in [2.24, 2.45) is 0 Å². The van der Waals surface area contributed by atoms with Gasteiger partial charge in [0.1, 0.15) is 11.3 Å². The molecule has 3 rings (SSSR count). The first-order valence-electron chi connectivity index (χ1n) is 7.46. The lowest BCUT2D eigenvalue weighted by atomic mass is 10.1. The summed E-state index contributed by atoms with van der Waals surface area (Å²) in [6.45, 7) is 6.01. The van der Waals surface area contributed by atoms with Gasteiger partial charge in [0.05, 0.1) is 19.1 Å². The molecule has 1 aromatic carbocycles. The number of rotatable bonds is 5. The van der Waals surface area contributed by atoms with Crippen molar-refractivity contribution in [2.75, 3.05) is 7.11 Å². The summed E-state index contributed by atoms with van der Waals surface area (Å²) in [5.74, 6) is 2.06. The van der Waals surface area contributed by atoms with Crippen molar-refractivity contribution in [2.45, 2.75) is 32.7 Å². The minimum atomic E-state index is -0.438. The van der Waals surface area contributed by atoms with Gasteiger partial charge in [-0.25, -0.2) is 4.98 Å². The highest BCUT2D eigenvalue weighted by Gasteiger charge is 2.29. The van der Waals surface area contributed by atoms with E-state index >= 15 is 0 Å². The van der Waals surface area contributed by atoms with Gasteiger partial charge in [-0.1, -0.05) is 17.3 Å². The molecule has 120 valence electrons. The zero-order valence-corrected chi connectivity index (χ0v) is 13.8. The van der Waals surface area contributed by atoms with Crippen LogP contribution >= 0.6 is 0 Å². The van der Waals surface area contributed by atoms with E-state index in [9.17, 15) is 0 Å². The number of aromatic nitrogens is 4. The minimum Gasteiger partial charge on any atom is -0.497 e. The van der Waals surface area contributed by atoms with Crippen LogP contribution in [0.2, 0.25) is 0 Å². The monoisotopic (exact) mass is 312 g/mol. The van der Waals surface area contributed by atoms with Gasteiger partial charge in [-0.2, -0.15) is 4.98 Å². The van der Waals surface area contributed by atoms with Crippen molar-refractivity contribution in [1.29, 1.82) is 0 Å². The Balaban J connectivity index is 1.79. The molecule has 0 aliphatic rings. The molecule has 0 radical (unpaired) electrons. The molecule has 2 heterocycles. The number of benzene rings is 1. The van der Waals surface area contributed by atoms with Crippen molar-refractivity contribution in [3.05, 3.63) is 59.8 Å². The van der Waals surface area contributed by atoms with E-state index < -0.39 is 5.54 Å². The van der Waals surface area contributed by atoms with Crippen LogP contribution in [0.3, 0.4) is 0 Å². The number of ether oxygens (including phenoxy) is 1. The van der Waals surface area contributed by atoms with Crippen LogP contribution in [-0.2, 0) is 12.0 Å². The Labute approximate surface area is 135 Å². The second-order valence-electron chi connectivity index (χ2n) is 6.02. The van der Waals surface area contributed by atoms with Gasteiger partial charge in [-0.3, -0.25) is 0 Å². The molecule has 2 aromatic heterocycles. The van der Waals surface area contributed by atoms with E-state index in [0.29, 0.717) is 18.1 Å². The molecule has 6 nitrogen and oxygen atoms in total. The number of nitrogens with zero attached hydrogens (tertiary/aromatic N) is 4. The number of aryl methyl sites for hydroxylation is 1. The Bertz CT molecular complexity index is 787. The normalized spacial score (nSPS) is 11.7. The number of imidazole rings is 1. The van der Waals surface area contributed by atoms with Gasteiger partial charge in [0.2, 0.25) is 0 Å². The van der Waals surface area contributed by atoms with Crippen LogP contribution in [0.15, 0.2) is 41.3 Å². The second kappa shape index (κ2) is 5.87. The maximum atomic E-state index is 5.48. The van der Waals surface area contributed by atoms with E-state index in [4.69, 9.17) is 9.26 Å². The highest BCUT2D eigenvalue weighted by Crippen LogP contribution is 2.24. The quantitative estimate of drug-likeness (QED) is 0.724. The van der Waals surface area contributed by atoms with Gasteiger partial charge >= 0.3 is 0 Å². The lowest BCUT2D eigenvalue weighted by Gasteiger charge is -2.21. The molecule has 0 fully saturated rings. The first kappa shape index (κ1) is 15.3. The van der Waals surface area contributed by atoms with Gasteiger partial charge in [-0.05, 0) is 38.5 Å². The summed E-state index contributed by atoms with van der Waals surface area (Å²) >= 11 is 0. The predicted molar refractivity (Wildman–Crippen MR) is 85.5 cm³/mol. The Hall–Kier alpha value is -2.63. The first-order chi connectivity index (χ1) is 11.0. The topological polar surface area (TPSA) is 66.0 Å². The molecule has 0 aliphatic heterocycles. The fourth-order valence-corrected chi connectivity index (χ4v) is 2.34. The Morgan fingerprint density at radius 1 is 1.22 bits per heavy atom. The zero-order chi connectivity index (χ0) is 16.4. The molecule has 0 spiro atoms. The van der Waals surface area contributed by atoms with Gasteiger partial charge in [0.15, 0.2) is 5.82 Å². The molecule has 0 N–H and O–H groups in total. The zero-order valence-electron chi connectivity index (χ0n) is 13.8. The SMILES string of the molecule is COc1ccc(Cc2noc(C(C)(C)n3cnc(C)c3)n2)cc1. The summed E-state index contributed by atoms with van der Waals surface area (Å²) < 4.78 is 12.6. The fraction of sp³-hybridized carbons (Fsp3) is 0.353. The molecular weight excluding hydrogens is 292 g/mol. The van der Waals surface area contributed by atoms with Crippen molar-refractivity contribution in [1.82, 2.24) is 19.7 Å². The lowest BCUT2D eigenvalue weighted by Crippen LogP contribution is -2.27. The molecule has 0 bridgehead atoms. The van der Waals surface area contributed by atoms with Crippen molar-refractivity contribution < 1.29 is 9.26 Å². The number of methoxy groups -OCH3 is 1. The standard InChI is InChI=1S/C17H20N4O2/c1-12-10-21(11-18-12)17(2,3)16-19-15(20-23-16)9-13-5-7-14(22-4)8-6-13/h5-8,10-11H,9H2,1-4H3. The maximum Gasteiger partial charge on any atom is 0.252 e. The molecule has 0 saturated heterocycles. The summed E-state index contributed by atoms with van der Waals surface area (Å²) in [6, 6.07) is 7.85. The van der Waals surface area contributed by atoms with Crippen molar-refractivity contribution in [3.8, 4) is 5.75 Å². The Morgan fingerprint density at radius 3 is 2.57 bits per heavy atom. The van der Waals surface area contributed by atoms with Crippen LogP contribution < -0.4 is 4.74 Å². The van der Waals surface area contributed by atoms with Gasteiger partial charge in [-0.15, -0.1) is 0 Å². The molecule has 0 saturated carbocycles. The van der Waals surface area contributed by atoms with Gasteiger partial charge in [0, 0.05) is 12.6 Å². The van der Waals surface area contributed by atoms with Crippen molar-refractivity contribution in [3.63, 3.8) is 0 Å². The number of hydrogen-bond donors (Lipinski definition) is 0. The molecule has 0 unspecified atom stereocenters. The average molecular weight is 312 g/mol. The molecule has 0 atom stereocenters. The van der Waals surface area contributed by atoms with E-state index in [1.165, 1.54) is 0 Å². The minimum absolute atomic E-state index is 0.438. The Morgan fingerprint density at radius 2 is 1.96 bits per heavy atom. The second-order valence-corrected chi connectivity index (χ2v) is 6.02. The van der Waals surface area contributed by atoms with Crippen LogP contribution in [0.25, 0.3) is 0 Å². The highest BCUT2D eigenvalue weighted by atomic mass is 16.5. The van der Waals surface area contributed by atoms with E-state index in [1.54, 1.807) is 13.4 Å². The van der Waals surface area contributed by atoms with Crippen LogP contribution in [0.5, 0.6) is 5.75 Å². The summed E-state index contributed by atoms with van der Waals surface area (Å²) in [4.78, 5) is 8.81. The largest absolute Gasteiger partial charge is 0.497 e. The van der Waals surface area contributed by atoms with Gasteiger partial charge in [0.25, 0.3) is 5.89 Å². The van der Waals surface area contributed by atoms with Crippen LogP contribution in [0.1, 0.15) is 36.8 Å². The van der Waals surface area contributed by atoms with Crippen LogP contribution in [0.4, 0.5) is 0 Å². The van der Waals surface area contributed by atoms with Crippen LogP contribution in [-0.4, -0.2) is 26.8 Å². The molecule has 0 amide bonds. The molecule has 0 aliphatic carbocycles. The summed E-state index contributed by atoms with van der Waals surface area (Å²) in [5, 5.41) is 4.10. The summed E-state index contributed by atoms with van der Waals surface area (Å²) in [6.07, 6.45) is 4.36. The smallest absolute Gasteiger partial charge is 0.252 e. The van der Waals surface area contributed by atoms with E-state index in [1.807, 2.05) is 55.8 Å². The van der Waals surface area contributed by atoms with E-state index in [-0.39, 0.29) is 0 Å². The Kier molecular flexibility index (Phi) is 3.90. The average Bonchev–Trinajstić information content (AvgIpc) is 3.18. The third kappa shape index (κ3) is 3.11. The van der Waals surface area contributed by atoms with Gasteiger partial charge < -0.3 is 13.8 Å². The maximum absolute atomic E-state index is 5.48. The highest BCUT2D eigenvalue weighted by molar-refractivity contribution is 5.28. The summed E-state index contributed by atoms with van der Waals surface area (Å²) in [5.41, 5.74) is 1.62. The third-order valence-corrected chi connectivity index (χ3v) is 3.87. The first-order valence-corrected chi connectivity index (χ1v) is 7.46. The van der Waals surface area contributed by atoms with Crippen LogP contribution in [0, 0.1) is 6.92 Å². The molecule has 3 aromatic rings. The molecular formula is C17H20N4O2. The third-order valence-electron chi connectivity index (χ3n) is 3.87. The van der Waals surface area contributed by atoms with Crippen molar-refractivity contribution >= 4 is 0 Å². The summed E-state index contributed by atoms with van der Waals surface area (Å²) in [7, 11) is 1.65.